The second-order valence-electron chi connectivity index (χ2n) is 7.32. The highest BCUT2D eigenvalue weighted by atomic mass is 19.1. The van der Waals surface area contributed by atoms with Crippen LogP contribution >= 0.6 is 0 Å². The molecule has 1 heterocycles. The minimum atomic E-state index is -0.215. The molecule has 3 rings (SSSR count). The molecule has 7 nitrogen and oxygen atoms in total. The first kappa shape index (κ1) is 22.7. The molecule has 1 saturated heterocycles. The van der Waals surface area contributed by atoms with Crippen molar-refractivity contribution in [3.8, 4) is 11.5 Å². The second-order valence-corrected chi connectivity index (χ2v) is 7.32. The maximum absolute atomic E-state index is 14.7. The number of benzene rings is 2. The van der Waals surface area contributed by atoms with Gasteiger partial charge in [0.15, 0.2) is 5.96 Å². The SMILES string of the molecule is CN=C(NCc1ccc(N2CCOCC2)c(F)c1)N(C)Cc1ccc(OC)cc1OC. The van der Waals surface area contributed by atoms with Crippen LogP contribution in [0.15, 0.2) is 41.4 Å². The van der Waals surface area contributed by atoms with Crippen LogP contribution in [0, 0.1) is 5.82 Å². The third-order valence-electron chi connectivity index (χ3n) is 5.29. The van der Waals surface area contributed by atoms with Crippen molar-refractivity contribution in [2.75, 3.05) is 59.5 Å². The summed E-state index contributed by atoms with van der Waals surface area (Å²) in [6.07, 6.45) is 0. The number of methoxy groups -OCH3 is 2. The van der Waals surface area contributed by atoms with Crippen molar-refractivity contribution < 1.29 is 18.6 Å². The number of rotatable bonds is 7. The van der Waals surface area contributed by atoms with Gasteiger partial charge in [-0.05, 0) is 29.8 Å². The van der Waals surface area contributed by atoms with Crippen molar-refractivity contribution in [3.63, 3.8) is 0 Å². The lowest BCUT2D eigenvalue weighted by molar-refractivity contribution is 0.122. The Bertz CT molecular complexity index is 900. The van der Waals surface area contributed by atoms with E-state index in [0.29, 0.717) is 51.0 Å². The number of morpholine rings is 1. The van der Waals surface area contributed by atoms with Crippen molar-refractivity contribution in [1.82, 2.24) is 10.2 Å². The number of nitrogens with zero attached hydrogens (tertiary/aromatic N) is 3. The van der Waals surface area contributed by atoms with Gasteiger partial charge in [0.2, 0.25) is 0 Å². The van der Waals surface area contributed by atoms with Crippen molar-refractivity contribution in [2.24, 2.45) is 4.99 Å². The lowest BCUT2D eigenvalue weighted by Gasteiger charge is -2.29. The van der Waals surface area contributed by atoms with Gasteiger partial charge >= 0.3 is 0 Å². The Kier molecular flexibility index (Phi) is 7.94. The average molecular weight is 431 g/mol. The minimum Gasteiger partial charge on any atom is -0.497 e. The molecule has 0 saturated carbocycles. The lowest BCUT2D eigenvalue weighted by Crippen LogP contribution is -2.38. The van der Waals surface area contributed by atoms with Crippen molar-refractivity contribution in [2.45, 2.75) is 13.1 Å². The molecule has 8 heteroatoms. The van der Waals surface area contributed by atoms with E-state index in [9.17, 15) is 4.39 Å². The molecule has 1 N–H and O–H groups in total. The molecule has 0 aliphatic carbocycles. The van der Waals surface area contributed by atoms with Crippen LogP contribution in [0.1, 0.15) is 11.1 Å². The normalized spacial score (nSPS) is 14.4. The molecule has 1 fully saturated rings. The quantitative estimate of drug-likeness (QED) is 0.539. The predicted molar refractivity (Wildman–Crippen MR) is 121 cm³/mol. The molecule has 31 heavy (non-hydrogen) atoms. The molecular weight excluding hydrogens is 399 g/mol. The van der Waals surface area contributed by atoms with Crippen molar-refractivity contribution in [1.29, 1.82) is 0 Å². The minimum absolute atomic E-state index is 0.215. The first-order chi connectivity index (χ1) is 15.0. The second kappa shape index (κ2) is 10.9. The summed E-state index contributed by atoms with van der Waals surface area (Å²) in [6.45, 7) is 3.74. The van der Waals surface area contributed by atoms with E-state index in [1.165, 1.54) is 0 Å². The molecular formula is C23H31FN4O3. The first-order valence-corrected chi connectivity index (χ1v) is 10.3. The van der Waals surface area contributed by atoms with E-state index in [2.05, 4.69) is 10.3 Å². The van der Waals surface area contributed by atoms with Crippen LogP contribution in [0.3, 0.4) is 0 Å². The summed E-state index contributed by atoms with van der Waals surface area (Å²) in [5, 5.41) is 3.30. The van der Waals surface area contributed by atoms with Crippen LogP contribution in [-0.4, -0.2) is 65.5 Å². The number of hydrogen-bond donors (Lipinski definition) is 1. The van der Waals surface area contributed by atoms with E-state index in [0.717, 1.165) is 22.6 Å². The maximum Gasteiger partial charge on any atom is 0.193 e. The Morgan fingerprint density at radius 2 is 1.94 bits per heavy atom. The van der Waals surface area contributed by atoms with Crippen LogP contribution in [0.25, 0.3) is 0 Å². The number of nitrogens with one attached hydrogen (secondary N) is 1. The van der Waals surface area contributed by atoms with Gasteiger partial charge < -0.3 is 29.3 Å². The molecule has 2 aromatic carbocycles. The van der Waals surface area contributed by atoms with E-state index in [4.69, 9.17) is 14.2 Å². The monoisotopic (exact) mass is 430 g/mol. The summed E-state index contributed by atoms with van der Waals surface area (Å²) in [5.74, 6) is 1.98. The predicted octanol–water partition coefficient (Wildman–Crippen LogP) is 2.89. The van der Waals surface area contributed by atoms with Gasteiger partial charge in [0.05, 0.1) is 33.1 Å². The van der Waals surface area contributed by atoms with E-state index >= 15 is 0 Å². The number of anilines is 1. The molecule has 0 bridgehead atoms. The Balaban J connectivity index is 1.61. The Hall–Kier alpha value is -3.00. The molecule has 0 aromatic heterocycles. The third-order valence-corrected chi connectivity index (χ3v) is 5.29. The first-order valence-electron chi connectivity index (χ1n) is 10.3. The van der Waals surface area contributed by atoms with Crippen LogP contribution in [0.2, 0.25) is 0 Å². The van der Waals surface area contributed by atoms with Crippen LogP contribution in [0.5, 0.6) is 11.5 Å². The molecule has 1 aliphatic heterocycles. The summed E-state index contributed by atoms with van der Waals surface area (Å²) < 4.78 is 30.7. The zero-order valence-corrected chi connectivity index (χ0v) is 18.7. The summed E-state index contributed by atoms with van der Waals surface area (Å²) in [7, 11) is 6.94. The molecule has 0 spiro atoms. The summed E-state index contributed by atoms with van der Waals surface area (Å²) in [6, 6.07) is 11.1. The number of guanidine groups is 1. The summed E-state index contributed by atoms with van der Waals surface area (Å²) >= 11 is 0. The Labute approximate surface area is 183 Å². The maximum atomic E-state index is 14.7. The van der Waals surface area contributed by atoms with Crippen LogP contribution < -0.4 is 19.7 Å². The van der Waals surface area contributed by atoms with Gasteiger partial charge in [-0.3, -0.25) is 4.99 Å². The van der Waals surface area contributed by atoms with Crippen molar-refractivity contribution in [3.05, 3.63) is 53.3 Å². The Morgan fingerprint density at radius 3 is 2.58 bits per heavy atom. The third kappa shape index (κ3) is 5.79. The summed E-state index contributed by atoms with van der Waals surface area (Å²) in [5.41, 5.74) is 2.49. The number of hydrogen-bond acceptors (Lipinski definition) is 5. The number of ether oxygens (including phenoxy) is 3. The fourth-order valence-electron chi connectivity index (χ4n) is 3.60. The fourth-order valence-corrected chi connectivity index (χ4v) is 3.60. The zero-order chi connectivity index (χ0) is 22.2. The lowest BCUT2D eigenvalue weighted by atomic mass is 10.1. The largest absolute Gasteiger partial charge is 0.497 e. The van der Waals surface area contributed by atoms with E-state index in [-0.39, 0.29) is 5.82 Å². The molecule has 0 amide bonds. The van der Waals surface area contributed by atoms with Gasteiger partial charge in [-0.25, -0.2) is 4.39 Å². The zero-order valence-electron chi connectivity index (χ0n) is 18.7. The van der Waals surface area contributed by atoms with Gasteiger partial charge in [-0.1, -0.05) is 6.07 Å². The van der Waals surface area contributed by atoms with E-state index in [1.807, 2.05) is 47.2 Å². The fraction of sp³-hybridized carbons (Fsp3) is 0.435. The summed E-state index contributed by atoms with van der Waals surface area (Å²) in [4.78, 5) is 8.36. The average Bonchev–Trinajstić information content (AvgIpc) is 2.80. The van der Waals surface area contributed by atoms with Crippen LogP contribution in [0.4, 0.5) is 10.1 Å². The highest BCUT2D eigenvalue weighted by Gasteiger charge is 2.16. The van der Waals surface area contributed by atoms with Crippen LogP contribution in [-0.2, 0) is 17.8 Å². The molecule has 0 atom stereocenters. The van der Waals surface area contributed by atoms with Gasteiger partial charge in [-0.2, -0.15) is 0 Å². The smallest absolute Gasteiger partial charge is 0.193 e. The van der Waals surface area contributed by atoms with Gasteiger partial charge in [0, 0.05) is 51.9 Å². The Morgan fingerprint density at radius 1 is 1.16 bits per heavy atom. The molecule has 168 valence electrons. The number of halogens is 1. The molecule has 1 aliphatic rings. The number of aliphatic imine (C=N–C) groups is 1. The van der Waals surface area contributed by atoms with Crippen molar-refractivity contribution >= 4 is 11.6 Å². The van der Waals surface area contributed by atoms with E-state index in [1.54, 1.807) is 27.3 Å². The van der Waals surface area contributed by atoms with Gasteiger partial charge in [0.25, 0.3) is 0 Å². The molecule has 0 unspecified atom stereocenters. The topological polar surface area (TPSA) is 58.6 Å². The molecule has 0 radical (unpaired) electrons. The van der Waals surface area contributed by atoms with Gasteiger partial charge in [0.1, 0.15) is 17.3 Å². The standard InChI is InChI=1S/C23H31FN4O3/c1-25-23(27(2)16-18-6-7-19(29-3)14-22(18)30-4)26-15-17-5-8-21(20(24)13-17)28-9-11-31-12-10-28/h5-8,13-14H,9-12,15-16H2,1-4H3,(H,25,26). The molecule has 2 aromatic rings. The van der Waals surface area contributed by atoms with Gasteiger partial charge in [-0.15, -0.1) is 0 Å². The highest BCUT2D eigenvalue weighted by molar-refractivity contribution is 5.79. The van der Waals surface area contributed by atoms with E-state index < -0.39 is 0 Å². The highest BCUT2D eigenvalue weighted by Crippen LogP contribution is 2.25.